The molecule has 19 heavy (non-hydrogen) atoms. The topological polar surface area (TPSA) is 30.5 Å². The van der Waals surface area contributed by atoms with Gasteiger partial charge in [0.15, 0.2) is 11.5 Å². The number of hydrogen-bond donors (Lipinski definition) is 1. The van der Waals surface area contributed by atoms with Crippen LogP contribution in [0.5, 0.6) is 11.5 Å². The molecule has 0 radical (unpaired) electrons. The van der Waals surface area contributed by atoms with Crippen LogP contribution in [0.1, 0.15) is 31.2 Å². The molecular weight excluding hydrogens is 262 g/mol. The van der Waals surface area contributed by atoms with Crippen molar-refractivity contribution in [3.05, 3.63) is 22.7 Å². The van der Waals surface area contributed by atoms with Crippen molar-refractivity contribution in [1.29, 1.82) is 0 Å². The Kier molecular flexibility index (Phi) is 5.34. The van der Waals surface area contributed by atoms with Gasteiger partial charge in [-0.15, -0.1) is 0 Å². The predicted molar refractivity (Wildman–Crippen MR) is 78.2 cm³/mol. The van der Waals surface area contributed by atoms with Gasteiger partial charge in [-0.2, -0.15) is 0 Å². The number of halogens is 1. The lowest BCUT2D eigenvalue weighted by Gasteiger charge is -2.25. The van der Waals surface area contributed by atoms with Crippen LogP contribution in [0.25, 0.3) is 0 Å². The molecular formula is C15H22ClNO2. The average Bonchev–Trinajstić information content (AvgIpc) is 2.37. The quantitative estimate of drug-likeness (QED) is 0.775. The van der Waals surface area contributed by atoms with Gasteiger partial charge in [-0.05, 0) is 30.5 Å². The average molecular weight is 284 g/mol. The van der Waals surface area contributed by atoms with E-state index in [0.717, 1.165) is 24.6 Å². The van der Waals surface area contributed by atoms with Gasteiger partial charge in [0.25, 0.3) is 0 Å². The lowest BCUT2D eigenvalue weighted by molar-refractivity contribution is 0.292. The van der Waals surface area contributed by atoms with Crippen LogP contribution < -0.4 is 14.8 Å². The third kappa shape index (κ3) is 3.54. The van der Waals surface area contributed by atoms with E-state index < -0.39 is 0 Å². The lowest BCUT2D eigenvalue weighted by atomic mass is 9.83. The Bertz CT molecular complexity index is 419. The summed E-state index contributed by atoms with van der Waals surface area (Å²) in [4.78, 5) is 0. The van der Waals surface area contributed by atoms with Crippen LogP contribution in [0.15, 0.2) is 12.1 Å². The molecule has 1 N–H and O–H groups in total. The third-order valence-electron chi connectivity index (χ3n) is 3.83. The molecule has 1 aliphatic rings. The third-order valence-corrected chi connectivity index (χ3v) is 4.25. The van der Waals surface area contributed by atoms with E-state index in [0.29, 0.717) is 16.5 Å². The minimum Gasteiger partial charge on any atom is -0.493 e. The van der Waals surface area contributed by atoms with Crippen molar-refractivity contribution in [3.8, 4) is 11.5 Å². The van der Waals surface area contributed by atoms with Crippen molar-refractivity contribution in [2.75, 3.05) is 20.8 Å². The maximum atomic E-state index is 6.33. The van der Waals surface area contributed by atoms with Gasteiger partial charge in [-0.25, -0.2) is 0 Å². The monoisotopic (exact) mass is 283 g/mol. The molecule has 106 valence electrons. The molecule has 1 aliphatic carbocycles. The standard InChI is InChI=1S/C15H22ClNO2/c1-18-13-7-6-12(14(16)15(13)19-2)10-17-9-8-11-4-3-5-11/h6-7,11,17H,3-5,8-10H2,1-2H3. The minimum atomic E-state index is 0.613. The van der Waals surface area contributed by atoms with Gasteiger partial charge in [0, 0.05) is 6.54 Å². The molecule has 0 aliphatic heterocycles. The highest BCUT2D eigenvalue weighted by Crippen LogP contribution is 2.37. The number of nitrogens with one attached hydrogen (secondary N) is 1. The van der Waals surface area contributed by atoms with Crippen molar-refractivity contribution >= 4 is 11.6 Å². The first-order valence-corrected chi connectivity index (χ1v) is 7.24. The van der Waals surface area contributed by atoms with E-state index in [1.165, 1.54) is 25.7 Å². The summed E-state index contributed by atoms with van der Waals surface area (Å²) in [6.45, 7) is 1.82. The largest absolute Gasteiger partial charge is 0.493 e. The SMILES string of the molecule is COc1ccc(CNCCC2CCC2)c(Cl)c1OC. The second-order valence-electron chi connectivity index (χ2n) is 5.04. The van der Waals surface area contributed by atoms with Crippen molar-refractivity contribution in [2.45, 2.75) is 32.2 Å². The lowest BCUT2D eigenvalue weighted by Crippen LogP contribution is -2.21. The fraction of sp³-hybridized carbons (Fsp3) is 0.600. The second-order valence-corrected chi connectivity index (χ2v) is 5.41. The molecule has 0 amide bonds. The molecule has 0 heterocycles. The zero-order valence-corrected chi connectivity index (χ0v) is 12.4. The fourth-order valence-corrected chi connectivity index (χ4v) is 2.68. The zero-order chi connectivity index (χ0) is 13.7. The summed E-state index contributed by atoms with van der Waals surface area (Å²) in [5, 5.41) is 4.09. The Morgan fingerprint density at radius 2 is 2.05 bits per heavy atom. The highest BCUT2D eigenvalue weighted by molar-refractivity contribution is 6.33. The first-order chi connectivity index (χ1) is 9.26. The van der Waals surface area contributed by atoms with Gasteiger partial charge in [-0.3, -0.25) is 0 Å². The number of rotatable bonds is 7. The van der Waals surface area contributed by atoms with Crippen LogP contribution >= 0.6 is 11.6 Å². The molecule has 1 aromatic rings. The molecule has 0 unspecified atom stereocenters. The summed E-state index contributed by atoms with van der Waals surface area (Å²) in [7, 11) is 3.22. The van der Waals surface area contributed by atoms with E-state index in [4.69, 9.17) is 21.1 Å². The summed E-state index contributed by atoms with van der Waals surface area (Å²) in [5.74, 6) is 2.22. The van der Waals surface area contributed by atoms with E-state index in [1.807, 2.05) is 12.1 Å². The number of benzene rings is 1. The first-order valence-electron chi connectivity index (χ1n) is 6.86. The highest BCUT2D eigenvalue weighted by Gasteiger charge is 2.16. The molecule has 0 atom stereocenters. The van der Waals surface area contributed by atoms with E-state index in [-0.39, 0.29) is 0 Å². The maximum absolute atomic E-state index is 6.33. The van der Waals surface area contributed by atoms with Crippen molar-refractivity contribution in [1.82, 2.24) is 5.32 Å². The highest BCUT2D eigenvalue weighted by atomic mass is 35.5. The summed E-state index contributed by atoms with van der Waals surface area (Å²) < 4.78 is 10.5. The fourth-order valence-electron chi connectivity index (χ4n) is 2.38. The van der Waals surface area contributed by atoms with Crippen LogP contribution in [0.2, 0.25) is 5.02 Å². The van der Waals surface area contributed by atoms with Crippen LogP contribution in [0.3, 0.4) is 0 Å². The first kappa shape index (κ1) is 14.5. The normalized spacial score (nSPS) is 15.1. The van der Waals surface area contributed by atoms with Gasteiger partial charge < -0.3 is 14.8 Å². The Balaban J connectivity index is 1.88. The molecule has 1 aromatic carbocycles. The maximum Gasteiger partial charge on any atom is 0.179 e. The smallest absolute Gasteiger partial charge is 0.179 e. The molecule has 0 bridgehead atoms. The number of hydrogen-bond acceptors (Lipinski definition) is 3. The summed E-state index contributed by atoms with van der Waals surface area (Å²) in [6.07, 6.45) is 5.48. The predicted octanol–water partition coefficient (Wildman–Crippen LogP) is 3.64. The Morgan fingerprint density at radius 1 is 1.26 bits per heavy atom. The summed E-state index contributed by atoms with van der Waals surface area (Å²) in [5.41, 5.74) is 1.05. The van der Waals surface area contributed by atoms with Gasteiger partial charge in [0.05, 0.1) is 19.2 Å². The molecule has 2 rings (SSSR count). The van der Waals surface area contributed by atoms with Gasteiger partial charge in [0.2, 0.25) is 0 Å². The minimum absolute atomic E-state index is 0.613. The molecule has 0 aromatic heterocycles. The summed E-state index contributed by atoms with van der Waals surface area (Å²) >= 11 is 6.33. The Labute approximate surface area is 120 Å². The van der Waals surface area contributed by atoms with Crippen molar-refractivity contribution in [3.63, 3.8) is 0 Å². The van der Waals surface area contributed by atoms with Crippen molar-refractivity contribution < 1.29 is 9.47 Å². The van der Waals surface area contributed by atoms with E-state index >= 15 is 0 Å². The van der Waals surface area contributed by atoms with E-state index in [2.05, 4.69) is 5.32 Å². The van der Waals surface area contributed by atoms with Gasteiger partial charge in [-0.1, -0.05) is 36.9 Å². The van der Waals surface area contributed by atoms with Crippen LogP contribution in [0, 0.1) is 5.92 Å². The molecule has 0 saturated heterocycles. The molecule has 3 nitrogen and oxygen atoms in total. The molecule has 0 spiro atoms. The Hall–Kier alpha value is -0.930. The number of ether oxygens (including phenoxy) is 2. The van der Waals surface area contributed by atoms with Gasteiger partial charge >= 0.3 is 0 Å². The Morgan fingerprint density at radius 3 is 2.63 bits per heavy atom. The molecule has 1 saturated carbocycles. The van der Waals surface area contributed by atoms with Gasteiger partial charge in [0.1, 0.15) is 0 Å². The van der Waals surface area contributed by atoms with Crippen LogP contribution in [-0.4, -0.2) is 20.8 Å². The molecule has 4 heteroatoms. The van der Waals surface area contributed by atoms with Crippen LogP contribution in [0.4, 0.5) is 0 Å². The number of methoxy groups -OCH3 is 2. The van der Waals surface area contributed by atoms with Crippen molar-refractivity contribution in [2.24, 2.45) is 5.92 Å². The van der Waals surface area contributed by atoms with E-state index in [1.54, 1.807) is 14.2 Å². The second kappa shape index (κ2) is 7.01. The van der Waals surface area contributed by atoms with E-state index in [9.17, 15) is 0 Å². The molecule has 1 fully saturated rings. The zero-order valence-electron chi connectivity index (χ0n) is 11.7. The summed E-state index contributed by atoms with van der Waals surface area (Å²) in [6, 6.07) is 3.88. The van der Waals surface area contributed by atoms with Crippen LogP contribution in [-0.2, 0) is 6.54 Å².